The van der Waals surface area contributed by atoms with E-state index in [0.29, 0.717) is 0 Å². The maximum absolute atomic E-state index is 3.42. The summed E-state index contributed by atoms with van der Waals surface area (Å²) in [6.07, 6.45) is 6.47. The van der Waals surface area contributed by atoms with Gasteiger partial charge in [0.1, 0.15) is 0 Å². The zero-order valence-electron chi connectivity index (χ0n) is 5.10. The van der Waals surface area contributed by atoms with E-state index in [1.165, 1.54) is 0 Å². The molecule has 8 heteroatoms. The summed E-state index contributed by atoms with van der Waals surface area (Å²) in [5.74, 6) is 0. The Hall–Kier alpha value is -0.889. The van der Waals surface area contributed by atoms with Gasteiger partial charge in [-0.3, -0.25) is 10.2 Å². The van der Waals surface area contributed by atoms with Crippen molar-refractivity contribution in [2.45, 2.75) is 0 Å². The highest BCUT2D eigenvalue weighted by molar-refractivity contribution is 5.76. The Kier molecular flexibility index (Phi) is 11.5. The second-order valence-electron chi connectivity index (χ2n) is 1.32. The van der Waals surface area contributed by atoms with Gasteiger partial charge in [0, 0.05) is 12.4 Å². The second-order valence-corrected chi connectivity index (χ2v) is 1.32. The highest BCUT2D eigenvalue weighted by Gasteiger charge is 1.58. The van der Waals surface area contributed by atoms with Gasteiger partial charge in [-0.2, -0.15) is 0 Å². The molecule has 0 spiro atoms. The summed E-state index contributed by atoms with van der Waals surface area (Å²) in [7, 11) is 0. The van der Waals surface area contributed by atoms with Crippen LogP contribution in [0.5, 0.6) is 0 Å². The lowest BCUT2D eigenvalue weighted by atomic mass is 10.8. The van der Waals surface area contributed by atoms with Gasteiger partial charge in [-0.15, -0.1) is 10.2 Å². The molecule has 2 rings (SSSR count). The molecule has 62 valence electrons. The van der Waals surface area contributed by atoms with Gasteiger partial charge in [0.05, 0.1) is 20.8 Å². The van der Waals surface area contributed by atoms with Gasteiger partial charge in [0.15, 0.2) is 0 Å². The number of nitrogens with zero attached hydrogens (tertiary/aromatic N) is 4. The van der Waals surface area contributed by atoms with Gasteiger partial charge in [-0.1, -0.05) is 10.4 Å². The number of H-pyrrole nitrogens is 2. The molecule has 12 heavy (non-hydrogen) atoms. The van der Waals surface area contributed by atoms with E-state index >= 15 is 0 Å². The van der Waals surface area contributed by atoms with Crippen molar-refractivity contribution >= 4 is 31.5 Å². The van der Waals surface area contributed by atoms with Gasteiger partial charge in [0.2, 0.25) is 0 Å². The first-order chi connectivity index (χ1) is 5.00. The Morgan fingerprint density at radius 2 is 1.25 bits per heavy atom. The third-order valence-electron chi connectivity index (χ3n) is 0.662. The molecular weight excluding hydrogens is 167 g/mol. The minimum atomic E-state index is 0. The smallest absolute Gasteiger partial charge is 0.266 e. The highest BCUT2D eigenvalue weighted by atomic mass is 24.3. The molecule has 2 heterocycles. The Morgan fingerprint density at radius 3 is 1.33 bits per heavy atom. The molecule has 2 aromatic rings. The summed E-state index contributed by atoms with van der Waals surface area (Å²) in [6, 6.07) is 0. The molecule has 0 aliphatic heterocycles. The van der Waals surface area contributed by atoms with E-state index in [1.807, 2.05) is 0 Å². The summed E-state index contributed by atoms with van der Waals surface area (Å²) in [5.41, 5.74) is 0. The monoisotopic (exact) mass is 178 g/mol. The van der Waals surface area contributed by atoms with Crippen molar-refractivity contribution in [3.63, 3.8) is 0 Å². The van der Waals surface area contributed by atoms with Crippen LogP contribution in [0.4, 0.5) is 0 Å². The van der Waals surface area contributed by atoms with Crippen molar-refractivity contribution in [3.8, 4) is 0 Å². The fourth-order valence-electron chi connectivity index (χ4n) is 0.333. The SMILES string of the molecule is B.[MgH2].c1c[nH]nn1.c1c[nH]nn1. The molecule has 0 unspecified atom stereocenters. The highest BCUT2D eigenvalue weighted by Crippen LogP contribution is 1.56. The minimum absolute atomic E-state index is 0. The van der Waals surface area contributed by atoms with Crippen LogP contribution >= 0.6 is 0 Å². The first-order valence-corrected chi connectivity index (χ1v) is 2.61. The third-order valence-corrected chi connectivity index (χ3v) is 0.662. The molecule has 2 N–H and O–H groups in total. The summed E-state index contributed by atoms with van der Waals surface area (Å²) in [5, 5.41) is 18.5. The van der Waals surface area contributed by atoms with Gasteiger partial charge in [0.25, 0.3) is 0 Å². The number of hydrogen-bond donors (Lipinski definition) is 2. The van der Waals surface area contributed by atoms with E-state index in [4.69, 9.17) is 0 Å². The average molecular weight is 178 g/mol. The van der Waals surface area contributed by atoms with E-state index < -0.39 is 0 Å². The first-order valence-electron chi connectivity index (χ1n) is 2.61. The van der Waals surface area contributed by atoms with Crippen molar-refractivity contribution in [1.82, 2.24) is 30.8 Å². The maximum atomic E-state index is 3.42. The molecule has 6 nitrogen and oxygen atoms in total. The van der Waals surface area contributed by atoms with E-state index in [9.17, 15) is 0 Å². The molecule has 2 aromatic heterocycles. The zero-order chi connectivity index (χ0) is 7.07. The predicted molar refractivity (Wildman–Crippen MR) is 51.2 cm³/mol. The molecule has 0 saturated carbocycles. The average Bonchev–Trinajstić information content (AvgIpc) is 2.67. The molecule has 0 fully saturated rings. The van der Waals surface area contributed by atoms with Crippen LogP contribution in [0.15, 0.2) is 24.8 Å². The number of aromatic amines is 2. The molecule has 0 bridgehead atoms. The van der Waals surface area contributed by atoms with E-state index in [0.717, 1.165) is 0 Å². The van der Waals surface area contributed by atoms with Gasteiger partial charge < -0.3 is 0 Å². The van der Waals surface area contributed by atoms with Gasteiger partial charge in [-0.05, 0) is 0 Å². The van der Waals surface area contributed by atoms with E-state index in [-0.39, 0.29) is 31.5 Å². The lowest BCUT2D eigenvalue weighted by Gasteiger charge is -1.46. The standard InChI is InChI=1S/2C2H3N3.BH3.Mg.2H/c2*1-2-4-5-3-1;;;;/h2*1-2H,(H,3,4,5);1H3;;;. The van der Waals surface area contributed by atoms with Crippen LogP contribution in [-0.2, 0) is 0 Å². The quantitative estimate of drug-likeness (QED) is 0.437. The molecular formula is C4H11BMgN6. The van der Waals surface area contributed by atoms with Crippen LogP contribution in [0.1, 0.15) is 0 Å². The zero-order valence-corrected chi connectivity index (χ0v) is 5.10. The molecule has 0 aromatic carbocycles. The maximum Gasteiger partial charge on any atom is 0.316 e. The number of rotatable bonds is 0. The molecule has 0 radical (unpaired) electrons. The second kappa shape index (κ2) is 10.1. The topological polar surface area (TPSA) is 83.1 Å². The van der Waals surface area contributed by atoms with Crippen molar-refractivity contribution in [3.05, 3.63) is 24.8 Å². The normalized spacial score (nSPS) is 6.67. The van der Waals surface area contributed by atoms with Crippen LogP contribution in [-0.4, -0.2) is 62.3 Å². The number of nitrogens with one attached hydrogen (secondary N) is 2. The third kappa shape index (κ3) is 7.22. The van der Waals surface area contributed by atoms with Gasteiger partial charge >= 0.3 is 23.1 Å². The Bertz CT molecular complexity index is 159. The lowest BCUT2D eigenvalue weighted by molar-refractivity contribution is 0.940. The largest absolute Gasteiger partial charge is 0.316 e. The fourth-order valence-corrected chi connectivity index (χ4v) is 0.333. The molecule has 0 amide bonds. The summed E-state index contributed by atoms with van der Waals surface area (Å²) in [6.45, 7) is 0. The van der Waals surface area contributed by atoms with Crippen molar-refractivity contribution in [1.29, 1.82) is 0 Å². The number of aromatic nitrogens is 6. The molecule has 0 aliphatic rings. The van der Waals surface area contributed by atoms with E-state index in [1.54, 1.807) is 24.8 Å². The Labute approximate surface area is 87.3 Å². The van der Waals surface area contributed by atoms with E-state index in [2.05, 4.69) is 30.8 Å². The van der Waals surface area contributed by atoms with Gasteiger partial charge in [-0.25, -0.2) is 0 Å². The minimum Gasteiger partial charge on any atom is -0.266 e. The molecule has 0 saturated heterocycles. The molecule has 0 atom stereocenters. The van der Waals surface area contributed by atoms with Crippen molar-refractivity contribution < 1.29 is 0 Å². The summed E-state index contributed by atoms with van der Waals surface area (Å²) in [4.78, 5) is 0. The Morgan fingerprint density at radius 1 is 0.833 bits per heavy atom. The van der Waals surface area contributed by atoms with Crippen LogP contribution < -0.4 is 0 Å². The summed E-state index contributed by atoms with van der Waals surface area (Å²) >= 11 is 0. The number of hydrogen-bond acceptors (Lipinski definition) is 4. The first kappa shape index (κ1) is 13.7. The van der Waals surface area contributed by atoms with Crippen molar-refractivity contribution in [2.75, 3.05) is 0 Å². The van der Waals surface area contributed by atoms with Crippen LogP contribution in [0.25, 0.3) is 0 Å². The fraction of sp³-hybridized carbons (Fsp3) is 0. The van der Waals surface area contributed by atoms with Crippen molar-refractivity contribution in [2.24, 2.45) is 0 Å². The van der Waals surface area contributed by atoms with Crippen LogP contribution in [0, 0.1) is 0 Å². The summed E-state index contributed by atoms with van der Waals surface area (Å²) < 4.78 is 0. The van der Waals surface area contributed by atoms with Crippen LogP contribution in [0.2, 0.25) is 0 Å². The lowest BCUT2D eigenvalue weighted by Crippen LogP contribution is -1.61. The predicted octanol–water partition coefficient (Wildman–Crippen LogP) is -2.49. The molecule has 0 aliphatic carbocycles. The Balaban J connectivity index is 0. The van der Waals surface area contributed by atoms with Crippen LogP contribution in [0.3, 0.4) is 0 Å².